The third kappa shape index (κ3) is 2.53. The third-order valence-electron chi connectivity index (χ3n) is 3.46. The van der Waals surface area contributed by atoms with E-state index in [9.17, 15) is 0 Å². The molecular weight excluding hydrogens is 200 g/mol. The van der Waals surface area contributed by atoms with E-state index in [0.717, 1.165) is 18.2 Å². The van der Waals surface area contributed by atoms with Gasteiger partial charge < -0.3 is 10.1 Å². The lowest BCUT2D eigenvalue weighted by atomic mass is 9.88. The highest BCUT2D eigenvalue weighted by molar-refractivity contribution is 5.26. The fourth-order valence-electron chi connectivity index (χ4n) is 2.36. The van der Waals surface area contributed by atoms with Crippen LogP contribution in [0, 0.1) is 5.92 Å². The Labute approximate surface area is 97.2 Å². The van der Waals surface area contributed by atoms with Crippen molar-refractivity contribution in [3.63, 3.8) is 0 Å². The van der Waals surface area contributed by atoms with Crippen molar-refractivity contribution < 1.29 is 4.74 Å². The number of hydrogen-bond donors (Lipinski definition) is 1. The van der Waals surface area contributed by atoms with E-state index in [2.05, 4.69) is 23.3 Å². The minimum Gasteiger partial charge on any atom is -0.495 e. The molecule has 2 atom stereocenters. The SMILES string of the molecule is CCC1CCNC(c2cncc(OC)c2)C1. The summed E-state index contributed by atoms with van der Waals surface area (Å²) in [6, 6.07) is 2.53. The summed E-state index contributed by atoms with van der Waals surface area (Å²) >= 11 is 0. The molecule has 1 aromatic rings. The number of rotatable bonds is 3. The van der Waals surface area contributed by atoms with Crippen LogP contribution >= 0.6 is 0 Å². The third-order valence-corrected chi connectivity index (χ3v) is 3.46. The average Bonchev–Trinajstić information content (AvgIpc) is 2.39. The van der Waals surface area contributed by atoms with Gasteiger partial charge in [-0.15, -0.1) is 0 Å². The van der Waals surface area contributed by atoms with Gasteiger partial charge in [-0.2, -0.15) is 0 Å². The molecule has 1 aliphatic rings. The number of methoxy groups -OCH3 is 1. The quantitative estimate of drug-likeness (QED) is 0.850. The Kier molecular flexibility index (Phi) is 3.78. The van der Waals surface area contributed by atoms with Crippen LogP contribution in [0.4, 0.5) is 0 Å². The molecule has 2 rings (SSSR count). The smallest absolute Gasteiger partial charge is 0.137 e. The second kappa shape index (κ2) is 5.30. The number of hydrogen-bond acceptors (Lipinski definition) is 3. The van der Waals surface area contributed by atoms with Gasteiger partial charge in [0, 0.05) is 12.2 Å². The molecule has 0 aromatic carbocycles. The van der Waals surface area contributed by atoms with Crippen molar-refractivity contribution >= 4 is 0 Å². The van der Waals surface area contributed by atoms with Gasteiger partial charge in [-0.05, 0) is 36.9 Å². The number of nitrogens with one attached hydrogen (secondary N) is 1. The number of nitrogens with zero attached hydrogens (tertiary/aromatic N) is 1. The van der Waals surface area contributed by atoms with Crippen molar-refractivity contribution in [2.75, 3.05) is 13.7 Å². The van der Waals surface area contributed by atoms with Gasteiger partial charge in [-0.1, -0.05) is 13.3 Å². The molecule has 0 amide bonds. The van der Waals surface area contributed by atoms with Gasteiger partial charge in [0.15, 0.2) is 0 Å². The molecule has 3 nitrogen and oxygen atoms in total. The molecule has 2 heterocycles. The van der Waals surface area contributed by atoms with Crippen molar-refractivity contribution in [1.82, 2.24) is 10.3 Å². The highest BCUT2D eigenvalue weighted by atomic mass is 16.5. The Hall–Kier alpha value is -1.09. The first-order valence-corrected chi connectivity index (χ1v) is 6.05. The lowest BCUT2D eigenvalue weighted by molar-refractivity contribution is 0.298. The van der Waals surface area contributed by atoms with Crippen LogP contribution in [0.3, 0.4) is 0 Å². The molecule has 1 saturated heterocycles. The second-order valence-corrected chi connectivity index (χ2v) is 4.46. The Balaban J connectivity index is 2.10. The zero-order valence-corrected chi connectivity index (χ0v) is 10.1. The van der Waals surface area contributed by atoms with Crippen molar-refractivity contribution in [3.05, 3.63) is 24.0 Å². The van der Waals surface area contributed by atoms with E-state index in [-0.39, 0.29) is 0 Å². The minimum atomic E-state index is 0.446. The maximum absolute atomic E-state index is 5.21. The van der Waals surface area contributed by atoms with Crippen LogP contribution in [0.2, 0.25) is 0 Å². The van der Waals surface area contributed by atoms with Gasteiger partial charge in [-0.3, -0.25) is 4.98 Å². The summed E-state index contributed by atoms with van der Waals surface area (Å²) in [4.78, 5) is 4.22. The van der Waals surface area contributed by atoms with E-state index in [4.69, 9.17) is 4.74 Å². The molecule has 0 bridgehead atoms. The van der Waals surface area contributed by atoms with E-state index in [1.807, 2.05) is 6.20 Å². The number of aromatic nitrogens is 1. The summed E-state index contributed by atoms with van der Waals surface area (Å²) in [7, 11) is 1.68. The van der Waals surface area contributed by atoms with Crippen LogP contribution < -0.4 is 10.1 Å². The summed E-state index contributed by atoms with van der Waals surface area (Å²) in [5.41, 5.74) is 1.25. The molecule has 1 N–H and O–H groups in total. The van der Waals surface area contributed by atoms with Crippen LogP contribution in [0.1, 0.15) is 37.8 Å². The van der Waals surface area contributed by atoms with E-state index in [1.54, 1.807) is 13.3 Å². The molecule has 1 aliphatic heterocycles. The molecular formula is C13H20N2O. The largest absolute Gasteiger partial charge is 0.495 e. The van der Waals surface area contributed by atoms with Gasteiger partial charge in [-0.25, -0.2) is 0 Å². The average molecular weight is 220 g/mol. The minimum absolute atomic E-state index is 0.446. The van der Waals surface area contributed by atoms with Gasteiger partial charge in [0.05, 0.1) is 13.3 Å². The Morgan fingerprint density at radius 3 is 3.12 bits per heavy atom. The fraction of sp³-hybridized carbons (Fsp3) is 0.615. The summed E-state index contributed by atoms with van der Waals surface area (Å²) in [6.45, 7) is 3.39. The van der Waals surface area contributed by atoms with Crippen LogP contribution in [0.5, 0.6) is 5.75 Å². The van der Waals surface area contributed by atoms with E-state index in [0.29, 0.717) is 6.04 Å². The van der Waals surface area contributed by atoms with Crippen LogP contribution in [0.15, 0.2) is 18.5 Å². The van der Waals surface area contributed by atoms with Gasteiger partial charge in [0.25, 0.3) is 0 Å². The Morgan fingerprint density at radius 2 is 2.38 bits per heavy atom. The molecule has 1 fully saturated rings. The first-order chi connectivity index (χ1) is 7.83. The fourth-order valence-corrected chi connectivity index (χ4v) is 2.36. The van der Waals surface area contributed by atoms with Crippen LogP contribution in [-0.2, 0) is 0 Å². The first kappa shape index (κ1) is 11.4. The molecule has 2 unspecified atom stereocenters. The van der Waals surface area contributed by atoms with Gasteiger partial charge in [0.2, 0.25) is 0 Å². The molecule has 3 heteroatoms. The monoisotopic (exact) mass is 220 g/mol. The van der Waals surface area contributed by atoms with E-state index in [1.165, 1.54) is 24.8 Å². The molecule has 0 spiro atoms. The number of ether oxygens (including phenoxy) is 1. The summed E-state index contributed by atoms with van der Waals surface area (Å²) < 4.78 is 5.21. The second-order valence-electron chi connectivity index (χ2n) is 4.46. The van der Waals surface area contributed by atoms with Gasteiger partial charge in [0.1, 0.15) is 5.75 Å². The van der Waals surface area contributed by atoms with E-state index < -0.39 is 0 Å². The molecule has 0 aliphatic carbocycles. The normalized spacial score (nSPS) is 25.4. The van der Waals surface area contributed by atoms with Crippen molar-refractivity contribution in [2.24, 2.45) is 5.92 Å². The molecule has 88 valence electrons. The first-order valence-electron chi connectivity index (χ1n) is 6.05. The standard InChI is InChI=1S/C13H20N2O/c1-3-10-4-5-15-13(6-10)11-7-12(16-2)9-14-8-11/h7-10,13,15H,3-6H2,1-2H3. The Bertz CT molecular complexity index is 340. The predicted octanol–water partition coefficient (Wildman–Crippen LogP) is 2.54. The van der Waals surface area contributed by atoms with Crippen molar-refractivity contribution in [1.29, 1.82) is 0 Å². The van der Waals surface area contributed by atoms with Gasteiger partial charge >= 0.3 is 0 Å². The molecule has 0 saturated carbocycles. The Morgan fingerprint density at radius 1 is 1.50 bits per heavy atom. The zero-order chi connectivity index (χ0) is 11.4. The zero-order valence-electron chi connectivity index (χ0n) is 10.1. The highest BCUT2D eigenvalue weighted by Gasteiger charge is 2.21. The van der Waals surface area contributed by atoms with E-state index >= 15 is 0 Å². The van der Waals surface area contributed by atoms with Crippen LogP contribution in [0.25, 0.3) is 0 Å². The predicted molar refractivity (Wildman–Crippen MR) is 64.5 cm³/mol. The lowest BCUT2D eigenvalue weighted by Gasteiger charge is -2.30. The molecule has 16 heavy (non-hydrogen) atoms. The number of piperidine rings is 1. The summed E-state index contributed by atoms with van der Waals surface area (Å²) in [6.07, 6.45) is 7.48. The lowest BCUT2D eigenvalue weighted by Crippen LogP contribution is -2.31. The summed E-state index contributed by atoms with van der Waals surface area (Å²) in [5.74, 6) is 1.69. The number of pyridine rings is 1. The maximum Gasteiger partial charge on any atom is 0.137 e. The topological polar surface area (TPSA) is 34.2 Å². The van der Waals surface area contributed by atoms with Crippen LogP contribution in [-0.4, -0.2) is 18.6 Å². The van der Waals surface area contributed by atoms with Crippen molar-refractivity contribution in [3.8, 4) is 5.75 Å². The highest BCUT2D eigenvalue weighted by Crippen LogP contribution is 2.29. The molecule has 1 aromatic heterocycles. The molecule has 0 radical (unpaired) electrons. The summed E-state index contributed by atoms with van der Waals surface area (Å²) in [5, 5.41) is 3.56. The van der Waals surface area contributed by atoms with Crippen molar-refractivity contribution in [2.45, 2.75) is 32.2 Å². The maximum atomic E-state index is 5.21.